The average molecular weight is 536 g/mol. The molecule has 10 heteroatoms. The molecule has 0 aliphatic rings. The Labute approximate surface area is 228 Å². The molecule has 5 N–H and O–H groups in total. The van der Waals surface area contributed by atoms with E-state index in [4.69, 9.17) is 25.7 Å². The molecule has 0 aromatic heterocycles. The molecule has 2 amide bonds. The molecule has 0 aliphatic heterocycles. The summed E-state index contributed by atoms with van der Waals surface area (Å²) >= 11 is 0. The number of aliphatic imine (C=N–C) groups is 1. The molecule has 0 heterocycles. The Hall–Kier alpha value is -3.01. The van der Waals surface area contributed by atoms with Crippen molar-refractivity contribution in [2.24, 2.45) is 10.7 Å². The first-order valence-electron chi connectivity index (χ1n) is 13.5. The van der Waals surface area contributed by atoms with Crippen LogP contribution in [0.3, 0.4) is 0 Å². The maximum atomic E-state index is 13.2. The number of carbonyl (C=O) groups excluding carboxylic acids is 2. The molecule has 1 rings (SSSR count). The highest BCUT2D eigenvalue weighted by Gasteiger charge is 2.28. The Morgan fingerprint density at radius 1 is 0.868 bits per heavy atom. The van der Waals surface area contributed by atoms with E-state index in [1.165, 1.54) is 4.90 Å². The third-order valence-corrected chi connectivity index (χ3v) is 5.03. The lowest BCUT2D eigenvalue weighted by Crippen LogP contribution is -2.50. The van der Waals surface area contributed by atoms with Crippen LogP contribution in [0.4, 0.5) is 15.3 Å². The first kappa shape index (κ1) is 33.0. The Bertz CT molecular complexity index is 860. The Balaban J connectivity index is 2.95. The van der Waals surface area contributed by atoms with Crippen LogP contribution >= 0.6 is 0 Å². The Morgan fingerprint density at radius 2 is 1.45 bits per heavy atom. The van der Waals surface area contributed by atoms with Gasteiger partial charge in [0.25, 0.3) is 0 Å². The van der Waals surface area contributed by atoms with Gasteiger partial charge in [0.1, 0.15) is 17.0 Å². The van der Waals surface area contributed by atoms with E-state index >= 15 is 0 Å². The predicted octanol–water partition coefficient (Wildman–Crippen LogP) is 5.45. The fraction of sp³-hybridized carbons (Fsp3) is 0.679. The largest absolute Gasteiger partial charge is 0.494 e. The van der Waals surface area contributed by atoms with Crippen molar-refractivity contribution in [3.8, 4) is 5.75 Å². The molecule has 0 unspecified atom stereocenters. The van der Waals surface area contributed by atoms with Crippen molar-refractivity contribution in [1.82, 2.24) is 10.2 Å². The number of benzene rings is 1. The number of hydrogen-bond acceptors (Lipinski definition) is 8. The average Bonchev–Trinajstić information content (AvgIpc) is 2.79. The minimum absolute atomic E-state index is 0.101. The molecular formula is C28H49N5O5. The molecule has 0 bridgehead atoms. The fourth-order valence-corrected chi connectivity index (χ4v) is 3.31. The molecule has 0 atom stereocenters. The molecule has 38 heavy (non-hydrogen) atoms. The van der Waals surface area contributed by atoms with E-state index in [-0.39, 0.29) is 12.5 Å². The Kier molecular flexibility index (Phi) is 14.6. The van der Waals surface area contributed by atoms with Crippen LogP contribution < -0.4 is 21.5 Å². The third-order valence-electron chi connectivity index (χ3n) is 5.03. The van der Waals surface area contributed by atoms with Gasteiger partial charge in [-0.2, -0.15) is 0 Å². The maximum Gasteiger partial charge on any atom is 0.417 e. The third kappa shape index (κ3) is 16.0. The quantitative estimate of drug-likeness (QED) is 0.132. The molecule has 0 spiro atoms. The van der Waals surface area contributed by atoms with Gasteiger partial charge in [-0.15, -0.1) is 0 Å². The number of hydrogen-bond donors (Lipinski definition) is 3. The van der Waals surface area contributed by atoms with Crippen molar-refractivity contribution in [3.05, 3.63) is 24.3 Å². The lowest BCUT2D eigenvalue weighted by atomic mass is 10.1. The first-order chi connectivity index (χ1) is 17.8. The minimum atomic E-state index is -0.726. The highest BCUT2D eigenvalue weighted by atomic mass is 16.6. The number of rotatable bonds is 13. The lowest BCUT2D eigenvalue weighted by Gasteiger charge is -2.29. The smallest absolute Gasteiger partial charge is 0.417 e. The van der Waals surface area contributed by atoms with Crippen LogP contribution in [-0.2, 0) is 9.47 Å². The number of nitrogen functional groups attached to an aromatic ring is 1. The zero-order chi connectivity index (χ0) is 28.6. The molecule has 0 saturated carbocycles. The van der Waals surface area contributed by atoms with Gasteiger partial charge in [-0.25, -0.2) is 14.5 Å². The van der Waals surface area contributed by atoms with Crippen molar-refractivity contribution in [3.63, 3.8) is 0 Å². The summed E-state index contributed by atoms with van der Waals surface area (Å²) < 4.78 is 16.8. The van der Waals surface area contributed by atoms with Crippen LogP contribution in [0, 0.1) is 0 Å². The minimum Gasteiger partial charge on any atom is -0.494 e. The van der Waals surface area contributed by atoms with Gasteiger partial charge < -0.3 is 25.7 Å². The number of amides is 2. The monoisotopic (exact) mass is 535 g/mol. The van der Waals surface area contributed by atoms with Gasteiger partial charge in [-0.1, -0.05) is 25.7 Å². The molecule has 0 aliphatic carbocycles. The van der Waals surface area contributed by atoms with Crippen molar-refractivity contribution in [2.45, 2.75) is 97.7 Å². The summed E-state index contributed by atoms with van der Waals surface area (Å²) in [6.45, 7) is 12.4. The van der Waals surface area contributed by atoms with E-state index in [1.807, 2.05) is 0 Å². The number of anilines is 1. The topological polar surface area (TPSA) is 141 Å². The standard InChI is InChI=1S/C28H49N5O5/c1-27(2,3)37-25(34)32-24(31-19-12-10-8-7-9-11-18-29)33(26(35)38-28(4,5)6)20-13-21-36-23-16-14-22(30)15-17-23/h14-17H,7-13,18-21,29-30H2,1-6H3,(H,31,32,34). The molecule has 216 valence electrons. The van der Waals surface area contributed by atoms with Crippen molar-refractivity contribution in [1.29, 1.82) is 0 Å². The van der Waals surface area contributed by atoms with E-state index in [0.717, 1.165) is 45.1 Å². The van der Waals surface area contributed by atoms with Crippen LogP contribution in [0.5, 0.6) is 5.75 Å². The molecule has 1 aromatic carbocycles. The van der Waals surface area contributed by atoms with Gasteiger partial charge in [0.2, 0.25) is 5.96 Å². The van der Waals surface area contributed by atoms with Crippen LogP contribution in [-0.4, -0.2) is 60.5 Å². The molecule has 0 fully saturated rings. The van der Waals surface area contributed by atoms with Gasteiger partial charge in [0.15, 0.2) is 0 Å². The van der Waals surface area contributed by atoms with E-state index < -0.39 is 23.4 Å². The lowest BCUT2D eigenvalue weighted by molar-refractivity contribution is 0.0352. The number of alkyl carbamates (subject to hydrolysis) is 1. The number of carbonyl (C=O) groups is 2. The van der Waals surface area contributed by atoms with Crippen molar-refractivity contribution >= 4 is 23.8 Å². The van der Waals surface area contributed by atoms with E-state index in [0.29, 0.717) is 31.0 Å². The molecule has 10 nitrogen and oxygen atoms in total. The number of ether oxygens (including phenoxy) is 3. The summed E-state index contributed by atoms with van der Waals surface area (Å²) in [5.41, 5.74) is 10.5. The first-order valence-corrected chi connectivity index (χ1v) is 13.5. The summed E-state index contributed by atoms with van der Waals surface area (Å²) in [4.78, 5) is 31.7. The summed E-state index contributed by atoms with van der Waals surface area (Å²) in [5.74, 6) is 0.777. The second-order valence-electron chi connectivity index (χ2n) is 11.1. The molecule has 0 radical (unpaired) electrons. The summed E-state index contributed by atoms with van der Waals surface area (Å²) in [6.07, 6.45) is 5.36. The number of guanidine groups is 1. The van der Waals surface area contributed by atoms with Crippen LogP contribution in [0.2, 0.25) is 0 Å². The number of nitrogens with two attached hydrogens (primary N) is 2. The molecular weight excluding hydrogens is 486 g/mol. The van der Waals surface area contributed by atoms with E-state index in [1.54, 1.807) is 65.8 Å². The summed E-state index contributed by atoms with van der Waals surface area (Å²) in [5, 5.41) is 2.67. The maximum absolute atomic E-state index is 13.2. The van der Waals surface area contributed by atoms with Crippen molar-refractivity contribution in [2.75, 3.05) is 32.0 Å². The number of unbranched alkanes of at least 4 members (excludes halogenated alkanes) is 5. The van der Waals surface area contributed by atoms with Gasteiger partial charge in [-0.05, 0) is 91.6 Å². The van der Waals surface area contributed by atoms with Crippen LogP contribution in [0.15, 0.2) is 29.3 Å². The van der Waals surface area contributed by atoms with Crippen LogP contribution in [0.25, 0.3) is 0 Å². The normalized spacial score (nSPS) is 12.1. The predicted molar refractivity (Wildman–Crippen MR) is 152 cm³/mol. The summed E-state index contributed by atoms with van der Waals surface area (Å²) in [6, 6.07) is 7.09. The van der Waals surface area contributed by atoms with Crippen molar-refractivity contribution < 1.29 is 23.8 Å². The second-order valence-corrected chi connectivity index (χ2v) is 11.1. The SMILES string of the molecule is CC(C)(C)OC(=O)NC(=NCCCCCCCCN)N(CCCOc1ccc(N)cc1)C(=O)OC(C)(C)C. The molecule has 1 aromatic rings. The number of nitrogens with one attached hydrogen (secondary N) is 1. The van der Waals surface area contributed by atoms with Gasteiger partial charge in [0.05, 0.1) is 6.61 Å². The van der Waals surface area contributed by atoms with E-state index in [2.05, 4.69) is 10.3 Å². The summed E-state index contributed by atoms with van der Waals surface area (Å²) in [7, 11) is 0. The van der Waals surface area contributed by atoms with Gasteiger partial charge in [-0.3, -0.25) is 10.3 Å². The molecule has 0 saturated heterocycles. The van der Waals surface area contributed by atoms with Gasteiger partial charge >= 0.3 is 12.2 Å². The number of nitrogens with zero attached hydrogens (tertiary/aromatic N) is 2. The zero-order valence-electron chi connectivity index (χ0n) is 24.2. The second kappa shape index (κ2) is 16.8. The zero-order valence-corrected chi connectivity index (χ0v) is 24.2. The highest BCUT2D eigenvalue weighted by Crippen LogP contribution is 2.15. The van der Waals surface area contributed by atoms with Gasteiger partial charge in [0, 0.05) is 18.8 Å². The van der Waals surface area contributed by atoms with Crippen LogP contribution in [0.1, 0.15) is 86.5 Å². The highest BCUT2D eigenvalue weighted by molar-refractivity contribution is 6.01. The Morgan fingerprint density at radius 3 is 2.03 bits per heavy atom. The fourth-order valence-electron chi connectivity index (χ4n) is 3.31. The van der Waals surface area contributed by atoms with E-state index in [9.17, 15) is 9.59 Å².